The van der Waals surface area contributed by atoms with Crippen LogP contribution >= 0.6 is 0 Å². The Kier molecular flexibility index (Phi) is 8.65. The lowest BCUT2D eigenvalue weighted by molar-refractivity contribution is -0.144. The topological polar surface area (TPSA) is 124 Å². The molecule has 4 rings (SSSR count). The lowest BCUT2D eigenvalue weighted by Crippen LogP contribution is -2.38. The molecule has 0 saturated carbocycles. The molecule has 1 fully saturated rings. The SMILES string of the molecule is CCOC(=O)Cn1nnnc1C(CC)N(Cc1cc2cc(OCC)ccc2[nH]c1=O)CC1CCCO1. The average molecular weight is 499 g/mol. The number of nitrogens with zero attached hydrogens (tertiary/aromatic N) is 5. The maximum atomic E-state index is 13.0. The van der Waals surface area contributed by atoms with E-state index in [9.17, 15) is 9.59 Å². The fraction of sp³-hybridized carbons (Fsp3) is 0.560. The second kappa shape index (κ2) is 12.1. The Hall–Kier alpha value is -3.31. The van der Waals surface area contributed by atoms with Crippen LogP contribution in [0.25, 0.3) is 10.9 Å². The first-order chi connectivity index (χ1) is 17.5. The van der Waals surface area contributed by atoms with Crippen LogP contribution < -0.4 is 10.3 Å². The summed E-state index contributed by atoms with van der Waals surface area (Å²) in [5.41, 5.74) is 1.23. The molecule has 0 amide bonds. The molecule has 2 unspecified atom stereocenters. The van der Waals surface area contributed by atoms with Crippen molar-refractivity contribution >= 4 is 16.9 Å². The smallest absolute Gasteiger partial charge is 0.327 e. The van der Waals surface area contributed by atoms with E-state index in [4.69, 9.17) is 14.2 Å². The van der Waals surface area contributed by atoms with Gasteiger partial charge < -0.3 is 19.2 Å². The van der Waals surface area contributed by atoms with Gasteiger partial charge in [0.1, 0.15) is 12.3 Å². The van der Waals surface area contributed by atoms with E-state index in [1.54, 1.807) is 6.92 Å². The van der Waals surface area contributed by atoms with Crippen molar-refractivity contribution in [1.82, 2.24) is 30.1 Å². The first-order valence-electron chi connectivity index (χ1n) is 12.6. The standard InChI is InChI=1S/C25H34N6O5/c1-4-22(24-27-28-29-31(24)16-23(32)35-6-3)30(15-20-8-7-11-36-20)14-18-12-17-13-19(34-5-2)9-10-21(17)26-25(18)33/h9-10,12-13,20,22H,4-8,11,14-16H2,1-3H3,(H,26,33). The van der Waals surface area contributed by atoms with Crippen LogP contribution in [0.3, 0.4) is 0 Å². The van der Waals surface area contributed by atoms with Gasteiger partial charge in [-0.1, -0.05) is 6.92 Å². The second-order valence-corrected chi connectivity index (χ2v) is 8.79. The monoisotopic (exact) mass is 498 g/mol. The highest BCUT2D eigenvalue weighted by molar-refractivity contribution is 5.80. The van der Waals surface area contributed by atoms with Gasteiger partial charge in [0.15, 0.2) is 5.82 Å². The molecule has 0 aliphatic carbocycles. The number of aromatic nitrogens is 5. The van der Waals surface area contributed by atoms with Gasteiger partial charge in [0.05, 0.1) is 25.4 Å². The largest absolute Gasteiger partial charge is 0.494 e. The van der Waals surface area contributed by atoms with E-state index in [0.29, 0.717) is 37.5 Å². The molecule has 3 heterocycles. The molecule has 3 aromatic rings. The Morgan fingerprint density at radius 1 is 1.28 bits per heavy atom. The Morgan fingerprint density at radius 2 is 2.14 bits per heavy atom. The summed E-state index contributed by atoms with van der Waals surface area (Å²) in [6.45, 7) is 8.22. The summed E-state index contributed by atoms with van der Waals surface area (Å²) in [5.74, 6) is 0.908. The molecule has 0 spiro atoms. The van der Waals surface area contributed by atoms with Gasteiger partial charge in [-0.15, -0.1) is 5.10 Å². The molecule has 1 aliphatic heterocycles. The van der Waals surface area contributed by atoms with Gasteiger partial charge in [-0.2, -0.15) is 0 Å². The molecule has 11 nitrogen and oxygen atoms in total. The molecule has 2 atom stereocenters. The van der Waals surface area contributed by atoms with Gasteiger partial charge in [0.2, 0.25) is 0 Å². The predicted octanol–water partition coefficient (Wildman–Crippen LogP) is 2.61. The number of ether oxygens (including phenoxy) is 3. The van der Waals surface area contributed by atoms with Gasteiger partial charge in [0.25, 0.3) is 5.56 Å². The molecule has 0 bridgehead atoms. The summed E-state index contributed by atoms with van der Waals surface area (Å²) in [4.78, 5) is 30.3. The van der Waals surface area contributed by atoms with Crippen LogP contribution in [-0.2, 0) is 27.4 Å². The van der Waals surface area contributed by atoms with Crippen molar-refractivity contribution in [2.24, 2.45) is 0 Å². The third kappa shape index (κ3) is 6.08. The van der Waals surface area contributed by atoms with Gasteiger partial charge in [-0.05, 0) is 67.8 Å². The number of aromatic amines is 1. The summed E-state index contributed by atoms with van der Waals surface area (Å²) in [6, 6.07) is 7.31. The lowest BCUT2D eigenvalue weighted by Gasteiger charge is -2.32. The van der Waals surface area contributed by atoms with Crippen molar-refractivity contribution < 1.29 is 19.0 Å². The number of rotatable bonds is 12. The highest BCUT2D eigenvalue weighted by Crippen LogP contribution is 2.27. The minimum absolute atomic E-state index is 0.0533. The molecule has 36 heavy (non-hydrogen) atoms. The number of carbonyl (C=O) groups is 1. The third-order valence-electron chi connectivity index (χ3n) is 6.31. The van der Waals surface area contributed by atoms with Crippen molar-refractivity contribution in [2.75, 3.05) is 26.4 Å². The molecule has 1 aliphatic rings. The van der Waals surface area contributed by atoms with Crippen molar-refractivity contribution in [3.8, 4) is 5.75 Å². The lowest BCUT2D eigenvalue weighted by atomic mass is 10.1. The summed E-state index contributed by atoms with van der Waals surface area (Å²) in [5, 5.41) is 13.0. The third-order valence-corrected chi connectivity index (χ3v) is 6.31. The van der Waals surface area contributed by atoms with E-state index >= 15 is 0 Å². The molecular formula is C25H34N6O5. The maximum absolute atomic E-state index is 13.0. The molecule has 11 heteroatoms. The Bertz CT molecular complexity index is 1220. The predicted molar refractivity (Wildman–Crippen MR) is 133 cm³/mol. The molecule has 1 saturated heterocycles. The van der Waals surface area contributed by atoms with Crippen LogP contribution in [0.2, 0.25) is 0 Å². The number of pyridine rings is 1. The summed E-state index contributed by atoms with van der Waals surface area (Å²) < 4.78 is 18.1. The van der Waals surface area contributed by atoms with Crippen LogP contribution in [-0.4, -0.2) is 68.5 Å². The Morgan fingerprint density at radius 3 is 2.86 bits per heavy atom. The van der Waals surface area contributed by atoms with Crippen LogP contribution in [0, 0.1) is 0 Å². The summed E-state index contributed by atoms with van der Waals surface area (Å²) >= 11 is 0. The van der Waals surface area contributed by atoms with Crippen LogP contribution in [0.4, 0.5) is 0 Å². The van der Waals surface area contributed by atoms with E-state index in [0.717, 1.165) is 36.1 Å². The van der Waals surface area contributed by atoms with E-state index in [-0.39, 0.29) is 30.9 Å². The molecule has 1 N–H and O–H groups in total. The number of esters is 1. The number of nitrogens with one attached hydrogen (secondary N) is 1. The van der Waals surface area contributed by atoms with E-state index in [1.165, 1.54) is 4.68 Å². The second-order valence-electron chi connectivity index (χ2n) is 8.79. The van der Waals surface area contributed by atoms with Crippen molar-refractivity contribution in [2.45, 2.75) is 65.3 Å². The summed E-state index contributed by atoms with van der Waals surface area (Å²) in [6.07, 6.45) is 2.69. The van der Waals surface area contributed by atoms with E-state index < -0.39 is 5.97 Å². The first-order valence-corrected chi connectivity index (χ1v) is 12.6. The van der Waals surface area contributed by atoms with Crippen molar-refractivity contribution in [1.29, 1.82) is 0 Å². The quantitative estimate of drug-likeness (QED) is 0.375. The number of tetrazole rings is 1. The van der Waals surface area contributed by atoms with Crippen LogP contribution in [0.1, 0.15) is 57.5 Å². The van der Waals surface area contributed by atoms with Crippen LogP contribution in [0.15, 0.2) is 29.1 Å². The Labute approximate surface area is 209 Å². The molecule has 2 aromatic heterocycles. The van der Waals surface area contributed by atoms with Crippen molar-refractivity contribution in [3.63, 3.8) is 0 Å². The fourth-order valence-electron chi connectivity index (χ4n) is 4.67. The van der Waals surface area contributed by atoms with Gasteiger partial charge in [-0.3, -0.25) is 14.5 Å². The van der Waals surface area contributed by atoms with Crippen molar-refractivity contribution in [3.05, 3.63) is 46.0 Å². The normalized spacial score (nSPS) is 16.5. The number of H-pyrrole nitrogens is 1. The highest BCUT2D eigenvalue weighted by atomic mass is 16.5. The minimum Gasteiger partial charge on any atom is -0.494 e. The summed E-state index contributed by atoms with van der Waals surface area (Å²) in [7, 11) is 0. The zero-order chi connectivity index (χ0) is 25.5. The fourth-order valence-corrected chi connectivity index (χ4v) is 4.67. The number of hydrogen-bond acceptors (Lipinski definition) is 9. The molecular weight excluding hydrogens is 464 g/mol. The number of benzene rings is 1. The number of fused-ring (bicyclic) bond motifs is 1. The zero-order valence-electron chi connectivity index (χ0n) is 21.1. The zero-order valence-corrected chi connectivity index (χ0v) is 21.1. The number of carbonyl (C=O) groups excluding carboxylic acids is 1. The highest BCUT2D eigenvalue weighted by Gasteiger charge is 2.30. The minimum atomic E-state index is -0.400. The maximum Gasteiger partial charge on any atom is 0.327 e. The first kappa shape index (κ1) is 25.8. The molecule has 194 valence electrons. The van der Waals surface area contributed by atoms with Gasteiger partial charge in [0, 0.05) is 36.2 Å². The average Bonchev–Trinajstić information content (AvgIpc) is 3.53. The molecule has 0 radical (unpaired) electrons. The van der Waals surface area contributed by atoms with Gasteiger partial charge in [-0.25, -0.2) is 4.68 Å². The van der Waals surface area contributed by atoms with Crippen LogP contribution in [0.5, 0.6) is 5.75 Å². The Balaban J connectivity index is 1.66. The van der Waals surface area contributed by atoms with E-state index in [1.807, 2.05) is 38.1 Å². The van der Waals surface area contributed by atoms with Gasteiger partial charge >= 0.3 is 5.97 Å². The number of hydrogen-bond donors (Lipinski definition) is 1. The van der Waals surface area contributed by atoms with E-state index in [2.05, 4.69) is 25.4 Å². The molecule has 1 aromatic carbocycles.